The molecule has 0 unspecified atom stereocenters. The number of benzene rings is 1. The Hall–Kier alpha value is -1.10. The third-order valence-corrected chi connectivity index (χ3v) is 2.96. The zero-order valence-electron chi connectivity index (χ0n) is 9.41. The minimum atomic E-state index is -0.236. The topological polar surface area (TPSA) is 50.4 Å². The number of halogens is 1. The Kier molecular flexibility index (Phi) is 4.36. The van der Waals surface area contributed by atoms with Crippen LogP contribution in [0.25, 0.3) is 0 Å². The summed E-state index contributed by atoms with van der Waals surface area (Å²) in [6.07, 6.45) is 1.94. The third kappa shape index (κ3) is 3.70. The van der Waals surface area contributed by atoms with Crippen LogP contribution in [-0.4, -0.2) is 25.1 Å². The van der Waals surface area contributed by atoms with Crippen LogP contribution in [0.1, 0.15) is 23.2 Å². The van der Waals surface area contributed by atoms with Crippen molar-refractivity contribution < 1.29 is 9.63 Å². The summed E-state index contributed by atoms with van der Waals surface area (Å²) in [5.41, 5.74) is 3.02. The van der Waals surface area contributed by atoms with Gasteiger partial charge in [-0.1, -0.05) is 11.6 Å². The number of carbonyl (C=O) groups is 1. The second-order valence-corrected chi connectivity index (χ2v) is 4.44. The van der Waals surface area contributed by atoms with E-state index >= 15 is 0 Å². The van der Waals surface area contributed by atoms with E-state index in [2.05, 4.69) is 10.8 Å². The molecule has 1 fully saturated rings. The van der Waals surface area contributed by atoms with E-state index in [0.717, 1.165) is 25.9 Å². The van der Waals surface area contributed by atoms with Crippen molar-refractivity contribution in [1.29, 1.82) is 0 Å². The third-order valence-electron chi connectivity index (χ3n) is 2.71. The molecule has 0 radical (unpaired) electrons. The van der Waals surface area contributed by atoms with Gasteiger partial charge in [0, 0.05) is 10.6 Å². The first-order chi connectivity index (χ1) is 8.25. The van der Waals surface area contributed by atoms with Crippen LogP contribution in [-0.2, 0) is 4.84 Å². The zero-order valence-corrected chi connectivity index (χ0v) is 10.2. The number of hydroxylamine groups is 1. The lowest BCUT2D eigenvalue weighted by atomic mass is 10.1. The Morgan fingerprint density at radius 1 is 1.29 bits per heavy atom. The summed E-state index contributed by atoms with van der Waals surface area (Å²) in [5.74, 6) is -0.236. The molecule has 5 heteroatoms. The molecule has 1 amide bonds. The Labute approximate surface area is 105 Å². The Morgan fingerprint density at radius 2 is 1.94 bits per heavy atom. The highest BCUT2D eigenvalue weighted by molar-refractivity contribution is 6.30. The first-order valence-corrected chi connectivity index (χ1v) is 6.06. The van der Waals surface area contributed by atoms with Crippen LogP contribution in [0.3, 0.4) is 0 Å². The van der Waals surface area contributed by atoms with Crippen molar-refractivity contribution in [2.24, 2.45) is 0 Å². The highest BCUT2D eigenvalue weighted by atomic mass is 35.5. The molecule has 1 aliphatic rings. The van der Waals surface area contributed by atoms with Crippen LogP contribution in [0.4, 0.5) is 0 Å². The highest BCUT2D eigenvalue weighted by Crippen LogP contribution is 2.10. The van der Waals surface area contributed by atoms with Crippen molar-refractivity contribution >= 4 is 17.5 Å². The fourth-order valence-electron chi connectivity index (χ4n) is 1.71. The lowest BCUT2D eigenvalue weighted by molar-refractivity contribution is -0.0282. The summed E-state index contributed by atoms with van der Waals surface area (Å²) in [5, 5.41) is 3.84. The summed E-state index contributed by atoms with van der Waals surface area (Å²) >= 11 is 5.75. The molecule has 1 aliphatic heterocycles. The van der Waals surface area contributed by atoms with Gasteiger partial charge in [-0.2, -0.15) is 0 Å². The molecule has 0 atom stereocenters. The van der Waals surface area contributed by atoms with Crippen LogP contribution in [0.2, 0.25) is 5.02 Å². The molecular formula is C12H15ClN2O2. The summed E-state index contributed by atoms with van der Waals surface area (Å²) in [6.45, 7) is 1.86. The molecule has 1 heterocycles. The molecule has 17 heavy (non-hydrogen) atoms. The highest BCUT2D eigenvalue weighted by Gasteiger charge is 2.15. The van der Waals surface area contributed by atoms with Crippen LogP contribution in [0.5, 0.6) is 0 Å². The van der Waals surface area contributed by atoms with Gasteiger partial charge in [-0.25, -0.2) is 5.48 Å². The molecule has 92 valence electrons. The average Bonchev–Trinajstić information content (AvgIpc) is 2.38. The largest absolute Gasteiger partial charge is 0.317 e. The maximum Gasteiger partial charge on any atom is 0.274 e. The van der Waals surface area contributed by atoms with Gasteiger partial charge < -0.3 is 5.32 Å². The molecular weight excluding hydrogens is 240 g/mol. The summed E-state index contributed by atoms with van der Waals surface area (Å²) in [4.78, 5) is 17.1. The van der Waals surface area contributed by atoms with Crippen molar-refractivity contribution in [3.63, 3.8) is 0 Å². The summed E-state index contributed by atoms with van der Waals surface area (Å²) in [6, 6.07) is 6.70. The monoisotopic (exact) mass is 254 g/mol. The van der Waals surface area contributed by atoms with Crippen LogP contribution >= 0.6 is 11.6 Å². The van der Waals surface area contributed by atoms with E-state index in [-0.39, 0.29) is 12.0 Å². The lowest BCUT2D eigenvalue weighted by Gasteiger charge is -2.22. The van der Waals surface area contributed by atoms with E-state index in [1.165, 1.54) is 0 Å². The number of hydrogen-bond acceptors (Lipinski definition) is 3. The van der Waals surface area contributed by atoms with Crippen molar-refractivity contribution in [3.05, 3.63) is 34.9 Å². The van der Waals surface area contributed by atoms with Gasteiger partial charge in [0.15, 0.2) is 0 Å². The molecule has 0 aliphatic carbocycles. The molecule has 2 N–H and O–H groups in total. The predicted molar refractivity (Wildman–Crippen MR) is 65.9 cm³/mol. The molecule has 0 saturated carbocycles. The van der Waals surface area contributed by atoms with E-state index in [1.807, 2.05) is 0 Å². The minimum absolute atomic E-state index is 0.104. The number of amides is 1. The predicted octanol–water partition coefficient (Wildman–Crippen LogP) is 1.75. The molecule has 1 saturated heterocycles. The number of carbonyl (C=O) groups excluding carboxylic acids is 1. The smallest absolute Gasteiger partial charge is 0.274 e. The first kappa shape index (κ1) is 12.4. The maximum atomic E-state index is 11.7. The normalized spacial score (nSPS) is 16.8. The van der Waals surface area contributed by atoms with Gasteiger partial charge in [0.05, 0.1) is 6.10 Å². The number of nitrogens with one attached hydrogen (secondary N) is 2. The molecule has 4 nitrogen and oxygen atoms in total. The second kappa shape index (κ2) is 6.00. The minimum Gasteiger partial charge on any atom is -0.317 e. The Morgan fingerprint density at radius 3 is 2.59 bits per heavy atom. The van der Waals surface area contributed by atoms with Crippen LogP contribution < -0.4 is 10.8 Å². The molecule has 0 spiro atoms. The van der Waals surface area contributed by atoms with Crippen molar-refractivity contribution in [2.75, 3.05) is 13.1 Å². The maximum absolute atomic E-state index is 11.7. The standard InChI is InChI=1S/C12H15ClN2O2/c13-10-3-1-9(2-4-10)12(16)15-17-11-5-7-14-8-6-11/h1-4,11,14H,5-8H2,(H,15,16). The van der Waals surface area contributed by atoms with E-state index < -0.39 is 0 Å². The number of rotatable bonds is 3. The molecule has 0 aromatic heterocycles. The van der Waals surface area contributed by atoms with Gasteiger partial charge in [-0.05, 0) is 50.2 Å². The van der Waals surface area contributed by atoms with Gasteiger partial charge in [0.25, 0.3) is 5.91 Å². The van der Waals surface area contributed by atoms with Crippen LogP contribution in [0.15, 0.2) is 24.3 Å². The van der Waals surface area contributed by atoms with Gasteiger partial charge in [0.2, 0.25) is 0 Å². The van der Waals surface area contributed by atoms with Crippen LogP contribution in [0, 0.1) is 0 Å². The van der Waals surface area contributed by atoms with Gasteiger partial charge in [-0.3, -0.25) is 9.63 Å². The fraction of sp³-hybridized carbons (Fsp3) is 0.417. The summed E-state index contributed by atoms with van der Waals surface area (Å²) in [7, 11) is 0. The van der Waals surface area contributed by atoms with E-state index in [9.17, 15) is 4.79 Å². The zero-order chi connectivity index (χ0) is 12.1. The van der Waals surface area contributed by atoms with E-state index in [4.69, 9.17) is 16.4 Å². The van der Waals surface area contributed by atoms with Gasteiger partial charge >= 0.3 is 0 Å². The lowest BCUT2D eigenvalue weighted by Crippen LogP contribution is -2.37. The summed E-state index contributed by atoms with van der Waals surface area (Å²) < 4.78 is 0. The number of piperidine rings is 1. The molecule has 2 rings (SSSR count). The SMILES string of the molecule is O=C(NOC1CCNCC1)c1ccc(Cl)cc1. The molecule has 1 aromatic carbocycles. The van der Waals surface area contributed by atoms with E-state index in [0.29, 0.717) is 10.6 Å². The quantitative estimate of drug-likeness (QED) is 0.808. The Bertz CT molecular complexity index is 375. The number of hydrogen-bond donors (Lipinski definition) is 2. The second-order valence-electron chi connectivity index (χ2n) is 4.01. The van der Waals surface area contributed by atoms with Crippen molar-refractivity contribution in [3.8, 4) is 0 Å². The first-order valence-electron chi connectivity index (χ1n) is 5.68. The van der Waals surface area contributed by atoms with Crippen molar-refractivity contribution in [2.45, 2.75) is 18.9 Å². The average molecular weight is 255 g/mol. The van der Waals surface area contributed by atoms with Gasteiger partial charge in [0.1, 0.15) is 0 Å². The van der Waals surface area contributed by atoms with Gasteiger partial charge in [-0.15, -0.1) is 0 Å². The van der Waals surface area contributed by atoms with Crippen molar-refractivity contribution in [1.82, 2.24) is 10.8 Å². The van der Waals surface area contributed by atoms with E-state index in [1.54, 1.807) is 24.3 Å². The molecule has 0 bridgehead atoms. The Balaban J connectivity index is 1.82. The molecule has 1 aromatic rings. The fourth-order valence-corrected chi connectivity index (χ4v) is 1.84.